The maximum atomic E-state index is 13.2. The van der Waals surface area contributed by atoms with Gasteiger partial charge in [0.25, 0.3) is 5.91 Å². The number of nitrogens with zero attached hydrogens (tertiary/aromatic N) is 1. The van der Waals surface area contributed by atoms with Gasteiger partial charge in [0.2, 0.25) is 5.91 Å². The second-order valence-electron chi connectivity index (χ2n) is 7.63. The summed E-state index contributed by atoms with van der Waals surface area (Å²) < 4.78 is 5.82. The summed E-state index contributed by atoms with van der Waals surface area (Å²) in [5.74, 6) is 0.382. The number of unbranched alkanes of at least 4 members (excludes halogenated alkanes) is 1. The van der Waals surface area contributed by atoms with Crippen LogP contribution in [-0.2, 0) is 16.1 Å². The number of ether oxygens (including phenoxy) is 1. The molecule has 0 aliphatic heterocycles. The van der Waals surface area contributed by atoms with Crippen molar-refractivity contribution in [1.29, 1.82) is 0 Å². The van der Waals surface area contributed by atoms with E-state index in [2.05, 4.69) is 12.2 Å². The number of carbonyl (C=O) groups excluding carboxylic acids is 2. The molecule has 30 heavy (non-hydrogen) atoms. The highest BCUT2D eigenvalue weighted by Crippen LogP contribution is 2.19. The van der Waals surface area contributed by atoms with E-state index in [1.54, 1.807) is 4.90 Å². The van der Waals surface area contributed by atoms with Crippen LogP contribution in [0.4, 0.5) is 0 Å². The molecule has 1 atom stereocenters. The summed E-state index contributed by atoms with van der Waals surface area (Å²) >= 11 is 0. The fourth-order valence-electron chi connectivity index (χ4n) is 3.39. The molecule has 0 aromatic heterocycles. The third-order valence-corrected chi connectivity index (χ3v) is 5.09. The molecule has 2 aromatic carbocycles. The van der Waals surface area contributed by atoms with E-state index in [1.165, 1.54) is 0 Å². The van der Waals surface area contributed by atoms with Crippen LogP contribution < -0.4 is 10.1 Å². The maximum Gasteiger partial charge on any atom is 0.261 e. The number of rotatable bonds is 11. The Labute approximate surface area is 180 Å². The van der Waals surface area contributed by atoms with Gasteiger partial charge in [-0.1, -0.05) is 68.3 Å². The fourth-order valence-corrected chi connectivity index (χ4v) is 3.39. The van der Waals surface area contributed by atoms with Gasteiger partial charge in [0.05, 0.1) is 0 Å². The van der Waals surface area contributed by atoms with Crippen molar-refractivity contribution in [1.82, 2.24) is 10.2 Å². The monoisotopic (exact) mass is 410 g/mol. The van der Waals surface area contributed by atoms with Gasteiger partial charge in [-0.3, -0.25) is 9.59 Å². The first-order valence-electron chi connectivity index (χ1n) is 10.8. The SMILES string of the molecule is CCCCNC(=O)[C@H](CC)N(Cc1ccccc1)C(=O)COc1ccc(C)cc1C. The quantitative estimate of drug-likeness (QED) is 0.559. The molecular weight excluding hydrogens is 376 g/mol. The second-order valence-corrected chi connectivity index (χ2v) is 7.63. The van der Waals surface area contributed by atoms with Crippen molar-refractivity contribution < 1.29 is 14.3 Å². The molecule has 0 fully saturated rings. The minimum absolute atomic E-state index is 0.102. The van der Waals surface area contributed by atoms with Crippen molar-refractivity contribution in [3.63, 3.8) is 0 Å². The lowest BCUT2D eigenvalue weighted by Crippen LogP contribution is -2.50. The number of amides is 2. The molecule has 0 aliphatic carbocycles. The third kappa shape index (κ3) is 6.90. The summed E-state index contributed by atoms with van der Waals surface area (Å²) in [6, 6.07) is 15.1. The van der Waals surface area contributed by atoms with Gasteiger partial charge in [-0.15, -0.1) is 0 Å². The molecule has 0 bridgehead atoms. The lowest BCUT2D eigenvalue weighted by molar-refractivity contribution is -0.143. The summed E-state index contributed by atoms with van der Waals surface area (Å²) in [6.45, 7) is 8.89. The number of hydrogen-bond acceptors (Lipinski definition) is 3. The molecule has 162 valence electrons. The molecule has 5 nitrogen and oxygen atoms in total. The Morgan fingerprint density at radius 3 is 2.43 bits per heavy atom. The highest BCUT2D eigenvalue weighted by Gasteiger charge is 2.28. The molecule has 0 spiro atoms. The molecule has 2 amide bonds. The van der Waals surface area contributed by atoms with Gasteiger partial charge in [0.15, 0.2) is 6.61 Å². The summed E-state index contributed by atoms with van der Waals surface area (Å²) in [4.78, 5) is 27.6. The van der Waals surface area contributed by atoms with Gasteiger partial charge in [-0.25, -0.2) is 0 Å². The summed E-state index contributed by atoms with van der Waals surface area (Å²) in [7, 11) is 0. The minimum atomic E-state index is -0.530. The summed E-state index contributed by atoms with van der Waals surface area (Å²) in [5, 5.41) is 2.97. The van der Waals surface area contributed by atoms with Crippen LogP contribution in [0.15, 0.2) is 48.5 Å². The first kappa shape index (κ1) is 23.5. The van der Waals surface area contributed by atoms with Gasteiger partial charge >= 0.3 is 0 Å². The number of nitrogens with one attached hydrogen (secondary N) is 1. The first-order chi connectivity index (χ1) is 14.5. The normalized spacial score (nSPS) is 11.6. The molecule has 2 aromatic rings. The lowest BCUT2D eigenvalue weighted by atomic mass is 10.1. The van der Waals surface area contributed by atoms with Crippen molar-refractivity contribution in [2.75, 3.05) is 13.2 Å². The fraction of sp³-hybridized carbons (Fsp3) is 0.440. The van der Waals surface area contributed by atoms with Gasteiger partial charge in [-0.05, 0) is 43.9 Å². The van der Waals surface area contributed by atoms with Crippen LogP contribution in [0, 0.1) is 13.8 Å². The van der Waals surface area contributed by atoms with Crippen LogP contribution in [0.5, 0.6) is 5.75 Å². The average molecular weight is 411 g/mol. The Balaban J connectivity index is 2.16. The summed E-state index contributed by atoms with van der Waals surface area (Å²) in [6.07, 6.45) is 2.47. The molecule has 0 saturated heterocycles. The Kier molecular flexibility index (Phi) is 9.39. The Morgan fingerprint density at radius 2 is 1.80 bits per heavy atom. The van der Waals surface area contributed by atoms with Crippen LogP contribution >= 0.6 is 0 Å². The van der Waals surface area contributed by atoms with Crippen molar-refractivity contribution in [3.8, 4) is 5.75 Å². The van der Waals surface area contributed by atoms with Crippen molar-refractivity contribution >= 4 is 11.8 Å². The predicted octanol–water partition coefficient (Wildman–Crippen LogP) is 4.41. The standard InChI is InChI=1S/C25H34N2O3/c1-5-7-15-26-25(29)22(6-2)27(17-21-11-9-8-10-12-21)24(28)18-30-23-14-13-19(3)16-20(23)4/h8-14,16,22H,5-7,15,17-18H2,1-4H3,(H,26,29)/t22-/m0/s1. The number of hydrogen-bond donors (Lipinski definition) is 1. The topological polar surface area (TPSA) is 58.6 Å². The van der Waals surface area contributed by atoms with E-state index in [9.17, 15) is 9.59 Å². The van der Waals surface area contributed by atoms with Gasteiger partial charge in [0.1, 0.15) is 11.8 Å². The van der Waals surface area contributed by atoms with E-state index in [0.29, 0.717) is 25.3 Å². The van der Waals surface area contributed by atoms with E-state index < -0.39 is 6.04 Å². The van der Waals surface area contributed by atoms with E-state index in [0.717, 1.165) is 29.5 Å². The van der Waals surface area contributed by atoms with Crippen molar-refractivity contribution in [3.05, 3.63) is 65.2 Å². The maximum absolute atomic E-state index is 13.2. The van der Waals surface area contributed by atoms with Gasteiger partial charge in [0, 0.05) is 13.1 Å². The van der Waals surface area contributed by atoms with Crippen LogP contribution in [0.25, 0.3) is 0 Å². The summed E-state index contributed by atoms with van der Waals surface area (Å²) in [5.41, 5.74) is 3.12. The Hall–Kier alpha value is -2.82. The van der Waals surface area contributed by atoms with Crippen LogP contribution in [0.2, 0.25) is 0 Å². The molecule has 1 N–H and O–H groups in total. The first-order valence-corrected chi connectivity index (χ1v) is 10.8. The smallest absolute Gasteiger partial charge is 0.261 e. The van der Waals surface area contributed by atoms with E-state index >= 15 is 0 Å². The minimum Gasteiger partial charge on any atom is -0.483 e. The molecule has 2 rings (SSSR count). The molecule has 0 unspecified atom stereocenters. The highest BCUT2D eigenvalue weighted by atomic mass is 16.5. The van der Waals surface area contributed by atoms with Crippen LogP contribution in [0.1, 0.15) is 49.8 Å². The number of aryl methyl sites for hydroxylation is 2. The lowest BCUT2D eigenvalue weighted by Gasteiger charge is -2.30. The van der Waals surface area contributed by atoms with Crippen molar-refractivity contribution in [2.24, 2.45) is 0 Å². The van der Waals surface area contributed by atoms with E-state index in [4.69, 9.17) is 4.74 Å². The molecular formula is C25H34N2O3. The number of carbonyl (C=O) groups is 2. The van der Waals surface area contributed by atoms with Crippen LogP contribution in [0.3, 0.4) is 0 Å². The zero-order chi connectivity index (χ0) is 21.9. The Morgan fingerprint density at radius 1 is 1.07 bits per heavy atom. The highest BCUT2D eigenvalue weighted by molar-refractivity contribution is 5.88. The third-order valence-electron chi connectivity index (χ3n) is 5.09. The largest absolute Gasteiger partial charge is 0.483 e. The zero-order valence-electron chi connectivity index (χ0n) is 18.6. The van der Waals surface area contributed by atoms with E-state index in [-0.39, 0.29) is 18.4 Å². The van der Waals surface area contributed by atoms with E-state index in [1.807, 2.05) is 69.3 Å². The Bertz CT molecular complexity index is 820. The van der Waals surface area contributed by atoms with Gasteiger partial charge in [-0.2, -0.15) is 0 Å². The molecule has 0 heterocycles. The zero-order valence-corrected chi connectivity index (χ0v) is 18.6. The average Bonchev–Trinajstić information content (AvgIpc) is 2.73. The second kappa shape index (κ2) is 12.0. The van der Waals surface area contributed by atoms with Crippen LogP contribution in [-0.4, -0.2) is 35.9 Å². The molecule has 0 aliphatic rings. The molecule has 0 saturated carbocycles. The predicted molar refractivity (Wildman–Crippen MR) is 120 cm³/mol. The van der Waals surface area contributed by atoms with Gasteiger partial charge < -0.3 is 15.0 Å². The number of benzene rings is 2. The molecule has 0 radical (unpaired) electrons. The van der Waals surface area contributed by atoms with Crippen molar-refractivity contribution in [2.45, 2.75) is 59.5 Å². The molecule has 5 heteroatoms.